The standard InChI is InChI=1S/C13H21N5OS/c1-3-5-15-8-10-12(17(4-2)9-11(14)19)16-13-18(10)6-7-20-13/h6-7,15H,3-5,8-9H2,1-2H3,(H2,14,19). The highest BCUT2D eigenvalue weighted by Gasteiger charge is 2.18. The molecule has 20 heavy (non-hydrogen) atoms. The van der Waals surface area contributed by atoms with Crippen molar-refractivity contribution in [3.63, 3.8) is 0 Å². The number of fused-ring (bicyclic) bond motifs is 1. The van der Waals surface area contributed by atoms with Gasteiger partial charge in [0.2, 0.25) is 5.91 Å². The van der Waals surface area contributed by atoms with E-state index in [2.05, 4.69) is 21.6 Å². The number of amides is 1. The molecule has 3 N–H and O–H groups in total. The number of nitrogens with two attached hydrogens (primary N) is 1. The molecule has 0 bridgehead atoms. The Balaban J connectivity index is 2.31. The number of primary amides is 1. The molecule has 1 amide bonds. The van der Waals surface area contributed by atoms with E-state index < -0.39 is 0 Å². The second-order valence-electron chi connectivity index (χ2n) is 4.59. The first-order valence-corrected chi connectivity index (χ1v) is 7.73. The number of thiazole rings is 1. The summed E-state index contributed by atoms with van der Waals surface area (Å²) >= 11 is 1.59. The Morgan fingerprint density at radius 1 is 1.55 bits per heavy atom. The van der Waals surface area contributed by atoms with Crippen molar-refractivity contribution in [1.82, 2.24) is 14.7 Å². The molecule has 0 aliphatic rings. The van der Waals surface area contributed by atoms with Gasteiger partial charge in [-0.25, -0.2) is 4.98 Å². The number of rotatable bonds is 8. The molecule has 6 nitrogen and oxygen atoms in total. The van der Waals surface area contributed by atoms with Crippen LogP contribution in [0.1, 0.15) is 26.0 Å². The lowest BCUT2D eigenvalue weighted by atomic mass is 10.3. The van der Waals surface area contributed by atoms with Gasteiger partial charge in [-0.15, -0.1) is 11.3 Å². The highest BCUT2D eigenvalue weighted by Crippen LogP contribution is 2.24. The van der Waals surface area contributed by atoms with Crippen molar-refractivity contribution >= 4 is 28.0 Å². The van der Waals surface area contributed by atoms with E-state index in [1.165, 1.54) is 0 Å². The summed E-state index contributed by atoms with van der Waals surface area (Å²) in [6.07, 6.45) is 3.09. The zero-order chi connectivity index (χ0) is 14.5. The summed E-state index contributed by atoms with van der Waals surface area (Å²) in [5.41, 5.74) is 6.40. The van der Waals surface area contributed by atoms with E-state index in [0.29, 0.717) is 6.54 Å². The molecule has 2 rings (SSSR count). The summed E-state index contributed by atoms with van der Waals surface area (Å²) in [5, 5.41) is 5.41. The summed E-state index contributed by atoms with van der Waals surface area (Å²) in [4.78, 5) is 18.7. The zero-order valence-corrected chi connectivity index (χ0v) is 12.7. The first-order chi connectivity index (χ1) is 9.67. The van der Waals surface area contributed by atoms with Crippen LogP contribution in [0, 0.1) is 0 Å². The number of nitrogens with one attached hydrogen (secondary N) is 1. The Labute approximate surface area is 122 Å². The fraction of sp³-hybridized carbons (Fsp3) is 0.538. The molecule has 2 aromatic rings. The van der Waals surface area contributed by atoms with Crippen LogP contribution in [0.15, 0.2) is 11.6 Å². The highest BCUT2D eigenvalue weighted by molar-refractivity contribution is 7.15. The van der Waals surface area contributed by atoms with Crippen molar-refractivity contribution in [2.24, 2.45) is 5.73 Å². The molecule has 110 valence electrons. The Morgan fingerprint density at radius 3 is 3.00 bits per heavy atom. The van der Waals surface area contributed by atoms with Gasteiger partial charge in [-0.2, -0.15) is 0 Å². The SMILES string of the molecule is CCCNCc1c(N(CC)CC(N)=O)nc2sccn12. The second kappa shape index (κ2) is 6.71. The molecule has 0 fully saturated rings. The maximum absolute atomic E-state index is 11.2. The summed E-state index contributed by atoms with van der Waals surface area (Å²) in [7, 11) is 0. The Hall–Kier alpha value is -1.60. The van der Waals surface area contributed by atoms with Crippen LogP contribution >= 0.6 is 11.3 Å². The molecule has 0 aliphatic heterocycles. The van der Waals surface area contributed by atoms with E-state index in [1.807, 2.05) is 23.4 Å². The second-order valence-corrected chi connectivity index (χ2v) is 5.47. The van der Waals surface area contributed by atoms with Gasteiger partial charge in [0.15, 0.2) is 10.8 Å². The van der Waals surface area contributed by atoms with Crippen LogP contribution in [0.2, 0.25) is 0 Å². The van der Waals surface area contributed by atoms with Crippen LogP contribution in [0.5, 0.6) is 0 Å². The van der Waals surface area contributed by atoms with Crippen molar-refractivity contribution in [1.29, 1.82) is 0 Å². The van der Waals surface area contributed by atoms with Gasteiger partial charge >= 0.3 is 0 Å². The number of hydrogen-bond acceptors (Lipinski definition) is 5. The van der Waals surface area contributed by atoms with E-state index in [-0.39, 0.29) is 12.5 Å². The maximum Gasteiger partial charge on any atom is 0.236 e. The first kappa shape index (κ1) is 14.8. The minimum atomic E-state index is -0.337. The lowest BCUT2D eigenvalue weighted by molar-refractivity contribution is -0.116. The maximum atomic E-state index is 11.2. The molecular weight excluding hydrogens is 274 g/mol. The normalized spacial score (nSPS) is 11.1. The van der Waals surface area contributed by atoms with Gasteiger partial charge in [-0.05, 0) is 19.9 Å². The number of anilines is 1. The number of nitrogens with zero attached hydrogens (tertiary/aromatic N) is 3. The Kier molecular flexibility index (Phi) is 4.97. The fourth-order valence-electron chi connectivity index (χ4n) is 2.15. The largest absolute Gasteiger partial charge is 0.368 e. The Morgan fingerprint density at radius 2 is 2.35 bits per heavy atom. The number of carbonyl (C=O) groups is 1. The minimum absolute atomic E-state index is 0.197. The van der Waals surface area contributed by atoms with E-state index in [4.69, 9.17) is 5.73 Å². The van der Waals surface area contributed by atoms with Crippen LogP contribution < -0.4 is 16.0 Å². The van der Waals surface area contributed by atoms with Gasteiger partial charge < -0.3 is 16.0 Å². The van der Waals surface area contributed by atoms with Gasteiger partial charge in [0.1, 0.15) is 0 Å². The molecule has 0 saturated carbocycles. The molecule has 0 saturated heterocycles. The van der Waals surface area contributed by atoms with Crippen LogP contribution in [0.25, 0.3) is 4.96 Å². The Bertz CT molecular complexity index is 576. The number of likely N-dealkylation sites (N-methyl/N-ethyl adjacent to an activating group) is 1. The molecule has 2 aromatic heterocycles. The highest BCUT2D eigenvalue weighted by atomic mass is 32.1. The van der Waals surface area contributed by atoms with Gasteiger partial charge in [-0.3, -0.25) is 9.20 Å². The van der Waals surface area contributed by atoms with E-state index in [9.17, 15) is 4.79 Å². The smallest absolute Gasteiger partial charge is 0.236 e. The number of carbonyl (C=O) groups excluding carboxylic acids is 1. The van der Waals surface area contributed by atoms with Crippen molar-refractivity contribution in [3.05, 3.63) is 17.3 Å². The van der Waals surface area contributed by atoms with Crippen molar-refractivity contribution in [2.45, 2.75) is 26.8 Å². The van der Waals surface area contributed by atoms with E-state index >= 15 is 0 Å². The van der Waals surface area contributed by atoms with Crippen molar-refractivity contribution in [2.75, 3.05) is 24.5 Å². The molecule has 0 unspecified atom stereocenters. The van der Waals surface area contributed by atoms with Gasteiger partial charge in [-0.1, -0.05) is 6.92 Å². The molecule has 0 radical (unpaired) electrons. The minimum Gasteiger partial charge on any atom is -0.368 e. The summed E-state index contributed by atoms with van der Waals surface area (Å²) < 4.78 is 2.08. The molecule has 0 atom stereocenters. The lowest BCUT2D eigenvalue weighted by Gasteiger charge is -2.20. The third kappa shape index (κ3) is 3.10. The molecule has 2 heterocycles. The number of imidazole rings is 1. The third-order valence-corrected chi connectivity index (χ3v) is 3.84. The quantitative estimate of drug-likeness (QED) is 0.718. The topological polar surface area (TPSA) is 75.7 Å². The monoisotopic (exact) mass is 295 g/mol. The molecule has 0 spiro atoms. The predicted octanol–water partition coefficient (Wildman–Crippen LogP) is 1.21. The first-order valence-electron chi connectivity index (χ1n) is 6.85. The van der Waals surface area contributed by atoms with Crippen LogP contribution in [0.3, 0.4) is 0 Å². The van der Waals surface area contributed by atoms with E-state index in [0.717, 1.165) is 36.0 Å². The third-order valence-electron chi connectivity index (χ3n) is 3.09. The molecule has 0 aliphatic carbocycles. The molecule has 0 aromatic carbocycles. The molecular formula is C13H21N5OS. The van der Waals surface area contributed by atoms with Crippen LogP contribution in [0.4, 0.5) is 5.82 Å². The average Bonchev–Trinajstić information content (AvgIpc) is 2.98. The number of hydrogen-bond donors (Lipinski definition) is 2. The van der Waals surface area contributed by atoms with Crippen molar-refractivity contribution in [3.8, 4) is 0 Å². The predicted molar refractivity (Wildman–Crippen MR) is 82.1 cm³/mol. The van der Waals surface area contributed by atoms with Gasteiger partial charge in [0.25, 0.3) is 0 Å². The molecule has 7 heteroatoms. The van der Waals surface area contributed by atoms with Crippen LogP contribution in [-0.2, 0) is 11.3 Å². The number of aromatic nitrogens is 2. The van der Waals surface area contributed by atoms with Gasteiger partial charge in [0, 0.05) is 24.7 Å². The summed E-state index contributed by atoms with van der Waals surface area (Å²) in [5.74, 6) is 0.512. The average molecular weight is 295 g/mol. The van der Waals surface area contributed by atoms with Gasteiger partial charge in [0.05, 0.1) is 12.2 Å². The van der Waals surface area contributed by atoms with Crippen LogP contribution in [-0.4, -0.2) is 34.9 Å². The summed E-state index contributed by atoms with van der Waals surface area (Å²) in [6.45, 7) is 6.72. The summed E-state index contributed by atoms with van der Waals surface area (Å²) in [6, 6.07) is 0. The lowest BCUT2D eigenvalue weighted by Crippen LogP contribution is -2.34. The fourth-order valence-corrected chi connectivity index (χ4v) is 2.87. The van der Waals surface area contributed by atoms with E-state index in [1.54, 1.807) is 11.3 Å². The van der Waals surface area contributed by atoms with Crippen molar-refractivity contribution < 1.29 is 4.79 Å². The zero-order valence-electron chi connectivity index (χ0n) is 11.9.